The highest BCUT2D eigenvalue weighted by Crippen LogP contribution is 2.30. The van der Waals surface area contributed by atoms with E-state index in [-0.39, 0.29) is 0 Å². The SMILES string of the molecule is COc1ccc(-c2ccc3nnc(-c4ccc(C)cc4OC)n3n2)cc1. The predicted molar refractivity (Wildman–Crippen MR) is 99.5 cm³/mol. The zero-order chi connectivity index (χ0) is 18.1. The van der Waals surface area contributed by atoms with Gasteiger partial charge in [0, 0.05) is 5.56 Å². The van der Waals surface area contributed by atoms with E-state index in [2.05, 4.69) is 10.2 Å². The molecule has 0 N–H and O–H groups in total. The Kier molecular flexibility index (Phi) is 4.01. The van der Waals surface area contributed by atoms with Gasteiger partial charge >= 0.3 is 0 Å². The van der Waals surface area contributed by atoms with Gasteiger partial charge in [-0.3, -0.25) is 0 Å². The van der Waals surface area contributed by atoms with E-state index in [0.717, 1.165) is 33.9 Å². The largest absolute Gasteiger partial charge is 0.497 e. The first kappa shape index (κ1) is 16.1. The van der Waals surface area contributed by atoms with Crippen LogP contribution >= 0.6 is 0 Å². The summed E-state index contributed by atoms with van der Waals surface area (Å²) in [6.45, 7) is 2.02. The molecule has 0 aliphatic rings. The van der Waals surface area contributed by atoms with Crippen LogP contribution in [0.5, 0.6) is 11.5 Å². The average Bonchev–Trinajstić information content (AvgIpc) is 3.11. The summed E-state index contributed by atoms with van der Waals surface area (Å²) in [7, 11) is 3.30. The van der Waals surface area contributed by atoms with Crippen molar-refractivity contribution < 1.29 is 9.47 Å². The molecule has 0 spiro atoms. The van der Waals surface area contributed by atoms with Gasteiger partial charge in [-0.05, 0) is 61.0 Å². The van der Waals surface area contributed by atoms with Crippen LogP contribution in [0.2, 0.25) is 0 Å². The number of nitrogens with zero attached hydrogens (tertiary/aromatic N) is 4. The highest BCUT2D eigenvalue weighted by molar-refractivity contribution is 5.68. The Morgan fingerprint density at radius 3 is 2.38 bits per heavy atom. The molecule has 0 aliphatic heterocycles. The minimum absolute atomic E-state index is 0.646. The molecular weight excluding hydrogens is 328 g/mol. The summed E-state index contributed by atoms with van der Waals surface area (Å²) < 4.78 is 12.5. The fraction of sp³-hybridized carbons (Fsp3) is 0.150. The molecule has 2 heterocycles. The molecule has 4 aromatic rings. The number of ether oxygens (including phenoxy) is 2. The van der Waals surface area contributed by atoms with Crippen LogP contribution in [0.1, 0.15) is 5.56 Å². The Balaban J connectivity index is 1.85. The van der Waals surface area contributed by atoms with Crippen molar-refractivity contribution in [1.82, 2.24) is 19.8 Å². The van der Waals surface area contributed by atoms with E-state index in [1.807, 2.05) is 61.5 Å². The molecule has 0 aliphatic carbocycles. The van der Waals surface area contributed by atoms with Crippen molar-refractivity contribution >= 4 is 5.65 Å². The van der Waals surface area contributed by atoms with Crippen LogP contribution in [-0.4, -0.2) is 34.0 Å². The quantitative estimate of drug-likeness (QED) is 0.563. The smallest absolute Gasteiger partial charge is 0.189 e. The molecule has 6 nitrogen and oxygen atoms in total. The Labute approximate surface area is 151 Å². The molecule has 130 valence electrons. The van der Waals surface area contributed by atoms with Gasteiger partial charge in [0.1, 0.15) is 11.5 Å². The zero-order valence-electron chi connectivity index (χ0n) is 14.8. The molecule has 0 saturated heterocycles. The van der Waals surface area contributed by atoms with Gasteiger partial charge in [-0.25, -0.2) is 0 Å². The van der Waals surface area contributed by atoms with Gasteiger partial charge in [0.2, 0.25) is 0 Å². The lowest BCUT2D eigenvalue weighted by atomic mass is 10.1. The normalized spacial score (nSPS) is 10.9. The van der Waals surface area contributed by atoms with Gasteiger partial charge in [-0.1, -0.05) is 6.07 Å². The maximum atomic E-state index is 5.52. The summed E-state index contributed by atoms with van der Waals surface area (Å²) in [4.78, 5) is 0. The molecule has 26 heavy (non-hydrogen) atoms. The molecule has 0 fully saturated rings. The Bertz CT molecular complexity index is 1070. The van der Waals surface area contributed by atoms with E-state index in [1.165, 1.54) is 0 Å². The molecule has 0 amide bonds. The maximum Gasteiger partial charge on any atom is 0.189 e. The molecule has 0 unspecified atom stereocenters. The minimum atomic E-state index is 0.646. The van der Waals surface area contributed by atoms with Crippen molar-refractivity contribution in [2.75, 3.05) is 14.2 Å². The van der Waals surface area contributed by atoms with Crippen molar-refractivity contribution in [3.8, 4) is 34.1 Å². The molecule has 0 bridgehead atoms. The monoisotopic (exact) mass is 346 g/mol. The topological polar surface area (TPSA) is 61.5 Å². The molecule has 0 saturated carbocycles. The summed E-state index contributed by atoms with van der Waals surface area (Å²) in [6.07, 6.45) is 0. The van der Waals surface area contributed by atoms with Crippen molar-refractivity contribution in [3.05, 3.63) is 60.2 Å². The molecule has 0 radical (unpaired) electrons. The number of hydrogen-bond donors (Lipinski definition) is 0. The second-order valence-electron chi connectivity index (χ2n) is 5.94. The molecule has 6 heteroatoms. The lowest BCUT2D eigenvalue weighted by Crippen LogP contribution is -1.99. The third-order valence-electron chi connectivity index (χ3n) is 4.25. The van der Waals surface area contributed by atoms with E-state index in [4.69, 9.17) is 14.6 Å². The second-order valence-corrected chi connectivity index (χ2v) is 5.94. The highest BCUT2D eigenvalue weighted by atomic mass is 16.5. The van der Waals surface area contributed by atoms with Crippen LogP contribution < -0.4 is 9.47 Å². The first-order valence-electron chi connectivity index (χ1n) is 8.21. The first-order valence-corrected chi connectivity index (χ1v) is 8.21. The van der Waals surface area contributed by atoms with Crippen LogP contribution in [0.3, 0.4) is 0 Å². The molecule has 2 aromatic heterocycles. The number of aromatic nitrogens is 4. The van der Waals surface area contributed by atoms with Gasteiger partial charge < -0.3 is 9.47 Å². The van der Waals surface area contributed by atoms with E-state index < -0.39 is 0 Å². The summed E-state index contributed by atoms with van der Waals surface area (Å²) in [5, 5.41) is 13.3. The number of aryl methyl sites for hydroxylation is 1. The van der Waals surface area contributed by atoms with Gasteiger partial charge in [0.15, 0.2) is 11.5 Å². The highest BCUT2D eigenvalue weighted by Gasteiger charge is 2.15. The molecule has 4 rings (SSSR count). The summed E-state index contributed by atoms with van der Waals surface area (Å²) >= 11 is 0. The van der Waals surface area contributed by atoms with Crippen molar-refractivity contribution in [2.24, 2.45) is 0 Å². The van der Waals surface area contributed by atoms with E-state index in [0.29, 0.717) is 11.5 Å². The third kappa shape index (κ3) is 2.75. The number of methoxy groups -OCH3 is 2. The van der Waals surface area contributed by atoms with Crippen LogP contribution in [0.15, 0.2) is 54.6 Å². The molecule has 0 atom stereocenters. The van der Waals surface area contributed by atoms with E-state index in [9.17, 15) is 0 Å². The molecule has 2 aromatic carbocycles. The Morgan fingerprint density at radius 2 is 1.65 bits per heavy atom. The minimum Gasteiger partial charge on any atom is -0.497 e. The molecular formula is C20H18N4O2. The Morgan fingerprint density at radius 1 is 0.846 bits per heavy atom. The van der Waals surface area contributed by atoms with Gasteiger partial charge in [0.25, 0.3) is 0 Å². The van der Waals surface area contributed by atoms with Crippen LogP contribution in [0, 0.1) is 6.92 Å². The van der Waals surface area contributed by atoms with Crippen molar-refractivity contribution in [1.29, 1.82) is 0 Å². The van der Waals surface area contributed by atoms with Crippen molar-refractivity contribution in [3.63, 3.8) is 0 Å². The second kappa shape index (κ2) is 6.48. The number of benzene rings is 2. The van der Waals surface area contributed by atoms with Gasteiger partial charge in [-0.2, -0.15) is 9.61 Å². The Hall–Kier alpha value is -3.41. The summed E-state index contributed by atoms with van der Waals surface area (Å²) in [5.74, 6) is 2.20. The lowest BCUT2D eigenvalue weighted by Gasteiger charge is -2.08. The van der Waals surface area contributed by atoms with E-state index in [1.54, 1.807) is 18.7 Å². The van der Waals surface area contributed by atoms with Crippen molar-refractivity contribution in [2.45, 2.75) is 6.92 Å². The fourth-order valence-electron chi connectivity index (χ4n) is 2.86. The van der Waals surface area contributed by atoms with Crippen LogP contribution in [0.25, 0.3) is 28.3 Å². The van der Waals surface area contributed by atoms with Gasteiger partial charge in [-0.15, -0.1) is 10.2 Å². The van der Waals surface area contributed by atoms with Crippen LogP contribution in [0.4, 0.5) is 0 Å². The van der Waals surface area contributed by atoms with Gasteiger partial charge in [0.05, 0.1) is 25.5 Å². The lowest BCUT2D eigenvalue weighted by molar-refractivity contribution is 0.415. The average molecular weight is 346 g/mol. The van der Waals surface area contributed by atoms with Crippen LogP contribution in [-0.2, 0) is 0 Å². The third-order valence-corrected chi connectivity index (χ3v) is 4.25. The zero-order valence-corrected chi connectivity index (χ0v) is 14.8. The maximum absolute atomic E-state index is 5.52. The summed E-state index contributed by atoms with van der Waals surface area (Å²) in [6, 6.07) is 17.6. The number of rotatable bonds is 4. The fourth-order valence-corrected chi connectivity index (χ4v) is 2.86. The standard InChI is InChI=1S/C20H18N4O2/c1-13-4-9-16(18(12-13)26-3)20-22-21-19-11-10-17(23-24(19)20)14-5-7-15(25-2)8-6-14/h4-12H,1-3H3. The predicted octanol–water partition coefficient (Wildman–Crippen LogP) is 3.78. The van der Waals surface area contributed by atoms with E-state index >= 15 is 0 Å². The number of hydrogen-bond acceptors (Lipinski definition) is 5. The first-order chi connectivity index (χ1) is 12.7. The number of fused-ring (bicyclic) bond motifs is 1. The summed E-state index contributed by atoms with van der Waals surface area (Å²) in [5.41, 5.74) is 4.46.